The second-order valence-electron chi connectivity index (χ2n) is 7.63. The number of furan rings is 1. The number of carbonyl (C=O) groups excluding carboxylic acids is 1. The minimum Gasteiger partial charge on any atom is -0.467 e. The number of carbonyl (C=O) groups is 1. The third kappa shape index (κ3) is 3.42. The third-order valence-corrected chi connectivity index (χ3v) is 5.90. The van der Waals surface area contributed by atoms with E-state index < -0.39 is 6.04 Å². The number of halogens is 1. The fraction of sp³-hybridized carbons (Fsp3) is 0.160. The number of benzene rings is 2. The molecule has 2 aromatic carbocycles. The van der Waals surface area contributed by atoms with Crippen LogP contribution < -0.4 is 5.56 Å². The van der Waals surface area contributed by atoms with E-state index in [2.05, 4.69) is 10.1 Å². The minimum atomic E-state index is -0.398. The summed E-state index contributed by atoms with van der Waals surface area (Å²) in [5, 5.41) is 7.45. The van der Waals surface area contributed by atoms with Crippen LogP contribution in [0.3, 0.4) is 0 Å². The minimum absolute atomic E-state index is 0.136. The maximum atomic E-state index is 13.3. The first-order valence-corrected chi connectivity index (χ1v) is 10.8. The van der Waals surface area contributed by atoms with Crippen LogP contribution in [0.4, 0.5) is 0 Å². The molecule has 0 bridgehead atoms. The summed E-state index contributed by atoms with van der Waals surface area (Å²) in [5.41, 5.74) is 3.02. The Morgan fingerprint density at radius 3 is 2.69 bits per heavy atom. The van der Waals surface area contributed by atoms with E-state index in [-0.39, 0.29) is 11.5 Å². The van der Waals surface area contributed by atoms with Crippen LogP contribution in [0.25, 0.3) is 22.0 Å². The molecule has 0 spiro atoms. The first-order valence-electron chi connectivity index (χ1n) is 10.4. The van der Waals surface area contributed by atoms with Gasteiger partial charge in [-0.2, -0.15) is 5.10 Å². The SMILES string of the molecule is CCC(=O)N1N=C(c2c(-c3ccccc3)c3cc(Cl)ccc3[nH]c2=O)C[C@@H]1c1ccco1. The van der Waals surface area contributed by atoms with Crippen molar-refractivity contribution in [3.63, 3.8) is 0 Å². The molecule has 0 saturated heterocycles. The number of H-pyrrole nitrogens is 1. The van der Waals surface area contributed by atoms with Crippen LogP contribution in [0.5, 0.6) is 0 Å². The molecule has 1 aliphatic heterocycles. The quantitative estimate of drug-likeness (QED) is 0.448. The van der Waals surface area contributed by atoms with Gasteiger partial charge in [-0.05, 0) is 35.9 Å². The maximum absolute atomic E-state index is 13.3. The highest BCUT2D eigenvalue weighted by Gasteiger charge is 2.36. The van der Waals surface area contributed by atoms with Crippen molar-refractivity contribution in [3.8, 4) is 11.1 Å². The Hall–Kier alpha value is -3.64. The van der Waals surface area contributed by atoms with E-state index in [0.29, 0.717) is 40.4 Å². The molecule has 5 rings (SSSR count). The Labute approximate surface area is 189 Å². The summed E-state index contributed by atoms with van der Waals surface area (Å²) in [6.45, 7) is 1.79. The van der Waals surface area contributed by atoms with Crippen molar-refractivity contribution in [1.82, 2.24) is 9.99 Å². The lowest BCUT2D eigenvalue weighted by Crippen LogP contribution is -2.25. The van der Waals surface area contributed by atoms with Crippen LogP contribution in [0, 0.1) is 0 Å². The van der Waals surface area contributed by atoms with Gasteiger partial charge in [0, 0.05) is 34.3 Å². The van der Waals surface area contributed by atoms with Crippen molar-refractivity contribution in [1.29, 1.82) is 0 Å². The Morgan fingerprint density at radius 2 is 1.97 bits per heavy atom. The van der Waals surface area contributed by atoms with Crippen LogP contribution in [0.1, 0.15) is 37.1 Å². The number of rotatable bonds is 4. The van der Waals surface area contributed by atoms with Crippen molar-refractivity contribution in [2.75, 3.05) is 0 Å². The summed E-state index contributed by atoms with van der Waals surface area (Å²) in [6, 6.07) is 18.3. The zero-order valence-corrected chi connectivity index (χ0v) is 18.1. The van der Waals surface area contributed by atoms with Crippen molar-refractivity contribution < 1.29 is 9.21 Å². The molecule has 6 nitrogen and oxygen atoms in total. The van der Waals surface area contributed by atoms with Crippen LogP contribution in [0.15, 0.2) is 81.2 Å². The summed E-state index contributed by atoms with van der Waals surface area (Å²) in [5.74, 6) is 0.495. The van der Waals surface area contributed by atoms with Gasteiger partial charge in [0.05, 0.1) is 17.5 Å². The highest BCUT2D eigenvalue weighted by Crippen LogP contribution is 2.37. The second-order valence-corrected chi connectivity index (χ2v) is 8.07. The molecular formula is C25H20ClN3O3. The molecule has 0 unspecified atom stereocenters. The van der Waals surface area contributed by atoms with Gasteiger partial charge in [-0.3, -0.25) is 9.59 Å². The van der Waals surface area contributed by atoms with Gasteiger partial charge in [0.25, 0.3) is 5.56 Å². The molecule has 0 aliphatic carbocycles. The number of aromatic nitrogens is 1. The largest absolute Gasteiger partial charge is 0.467 e. The normalized spacial score (nSPS) is 15.9. The smallest absolute Gasteiger partial charge is 0.258 e. The lowest BCUT2D eigenvalue weighted by molar-refractivity contribution is -0.133. The molecule has 4 aromatic rings. The lowest BCUT2D eigenvalue weighted by atomic mass is 9.92. The third-order valence-electron chi connectivity index (χ3n) is 5.67. The van der Waals surface area contributed by atoms with Gasteiger partial charge in [0.15, 0.2) is 0 Å². The molecule has 0 radical (unpaired) electrons. The summed E-state index contributed by atoms with van der Waals surface area (Å²) in [6.07, 6.45) is 2.24. The van der Waals surface area contributed by atoms with Gasteiger partial charge < -0.3 is 9.40 Å². The summed E-state index contributed by atoms with van der Waals surface area (Å²) in [4.78, 5) is 29.0. The van der Waals surface area contributed by atoms with Crippen molar-refractivity contribution in [2.24, 2.45) is 5.10 Å². The zero-order chi connectivity index (χ0) is 22.2. The van der Waals surface area contributed by atoms with Gasteiger partial charge in [0.2, 0.25) is 5.91 Å². The average molecular weight is 446 g/mol. The van der Waals surface area contributed by atoms with Crippen molar-refractivity contribution in [2.45, 2.75) is 25.8 Å². The number of aromatic amines is 1. The lowest BCUT2D eigenvalue weighted by Gasteiger charge is -2.18. The molecule has 160 valence electrons. The van der Waals surface area contributed by atoms with E-state index in [4.69, 9.17) is 16.0 Å². The van der Waals surface area contributed by atoms with E-state index in [1.807, 2.05) is 42.5 Å². The van der Waals surface area contributed by atoms with Gasteiger partial charge >= 0.3 is 0 Å². The first-order chi connectivity index (χ1) is 15.6. The van der Waals surface area contributed by atoms with E-state index in [0.717, 1.165) is 16.5 Å². The van der Waals surface area contributed by atoms with Crippen molar-refractivity contribution >= 4 is 34.1 Å². The number of nitrogens with one attached hydrogen (secondary N) is 1. The van der Waals surface area contributed by atoms with Crippen molar-refractivity contribution in [3.05, 3.63) is 93.6 Å². The van der Waals surface area contributed by atoms with Crippen LogP contribution in [-0.4, -0.2) is 21.6 Å². The molecule has 1 amide bonds. The predicted molar refractivity (Wildman–Crippen MR) is 125 cm³/mol. The molecule has 1 atom stereocenters. The predicted octanol–water partition coefficient (Wildman–Crippen LogP) is 5.53. The van der Waals surface area contributed by atoms with E-state index in [9.17, 15) is 9.59 Å². The Morgan fingerprint density at radius 1 is 1.16 bits per heavy atom. The molecule has 1 N–H and O–H groups in total. The number of pyridine rings is 1. The fourth-order valence-corrected chi connectivity index (χ4v) is 4.37. The summed E-state index contributed by atoms with van der Waals surface area (Å²) < 4.78 is 5.59. The molecular weight excluding hydrogens is 426 g/mol. The monoisotopic (exact) mass is 445 g/mol. The van der Waals surface area contributed by atoms with Gasteiger partial charge in [0.1, 0.15) is 11.8 Å². The molecule has 1 aliphatic rings. The molecule has 0 fully saturated rings. The van der Waals surface area contributed by atoms with Crippen LogP contribution in [-0.2, 0) is 4.79 Å². The van der Waals surface area contributed by atoms with E-state index >= 15 is 0 Å². The molecule has 2 aromatic heterocycles. The Kier molecular flexibility index (Phi) is 5.15. The maximum Gasteiger partial charge on any atom is 0.258 e. The van der Waals surface area contributed by atoms with Gasteiger partial charge in [-0.1, -0.05) is 48.9 Å². The number of hydrogen-bond acceptors (Lipinski definition) is 4. The molecule has 7 heteroatoms. The number of hydrogen-bond donors (Lipinski definition) is 1. The average Bonchev–Trinajstić information content (AvgIpc) is 3.48. The number of fused-ring (bicyclic) bond motifs is 1. The first kappa shape index (κ1) is 20.3. The molecule has 32 heavy (non-hydrogen) atoms. The molecule has 0 saturated carbocycles. The topological polar surface area (TPSA) is 78.7 Å². The van der Waals surface area contributed by atoms with Crippen LogP contribution >= 0.6 is 11.6 Å². The van der Waals surface area contributed by atoms with Gasteiger partial charge in [-0.25, -0.2) is 5.01 Å². The van der Waals surface area contributed by atoms with E-state index in [1.54, 1.807) is 31.4 Å². The number of nitrogens with zero attached hydrogens (tertiary/aromatic N) is 2. The summed E-state index contributed by atoms with van der Waals surface area (Å²) in [7, 11) is 0. The zero-order valence-electron chi connectivity index (χ0n) is 17.3. The van der Waals surface area contributed by atoms with Crippen LogP contribution in [0.2, 0.25) is 5.02 Å². The highest BCUT2D eigenvalue weighted by atomic mass is 35.5. The standard InChI is InChI=1S/C25H20ClN3O3/c1-2-22(30)29-20(21-9-6-12-32-21)14-19(28-29)24-23(15-7-4-3-5-8-15)17-13-16(26)10-11-18(17)27-25(24)31/h3-13,20H,2,14H2,1H3,(H,27,31)/t20-/m1/s1. The number of hydrazone groups is 1. The summed E-state index contributed by atoms with van der Waals surface area (Å²) >= 11 is 6.32. The molecule has 3 heterocycles. The van der Waals surface area contributed by atoms with Gasteiger partial charge in [-0.15, -0.1) is 0 Å². The van der Waals surface area contributed by atoms with E-state index in [1.165, 1.54) is 5.01 Å². The Balaban J connectivity index is 1.76. The Bertz CT molecular complexity index is 1390. The fourth-order valence-electron chi connectivity index (χ4n) is 4.20. The second kappa shape index (κ2) is 8.13. The highest BCUT2D eigenvalue weighted by molar-refractivity contribution is 6.31. The number of amides is 1.